The third-order valence-electron chi connectivity index (χ3n) is 6.51. The largest absolute Gasteiger partial charge is 0.378 e. The zero-order valence-corrected chi connectivity index (χ0v) is 19.8. The van der Waals surface area contributed by atoms with Crippen molar-refractivity contribution in [3.05, 3.63) is 65.7 Å². The van der Waals surface area contributed by atoms with Gasteiger partial charge in [0.25, 0.3) is 0 Å². The van der Waals surface area contributed by atoms with Gasteiger partial charge in [0, 0.05) is 46.4 Å². The zero-order chi connectivity index (χ0) is 22.4. The fraction of sp³-hybridized carbons (Fsp3) is 0.519. The van der Waals surface area contributed by atoms with Crippen molar-refractivity contribution >= 4 is 11.6 Å². The van der Waals surface area contributed by atoms with Gasteiger partial charge in [0.2, 0.25) is 5.91 Å². The maximum atomic E-state index is 12.4. The predicted octanol–water partition coefficient (Wildman–Crippen LogP) is 5.48. The molecule has 31 heavy (non-hydrogen) atoms. The summed E-state index contributed by atoms with van der Waals surface area (Å²) in [6, 6.07) is 19.2. The van der Waals surface area contributed by atoms with Crippen molar-refractivity contribution in [1.29, 1.82) is 0 Å². The first-order valence-corrected chi connectivity index (χ1v) is 11.5. The van der Waals surface area contributed by atoms with Crippen molar-refractivity contribution in [2.24, 2.45) is 5.92 Å². The first kappa shape index (κ1) is 23.3. The Morgan fingerprint density at radius 3 is 2.35 bits per heavy atom. The number of rotatable bonds is 8. The minimum absolute atomic E-state index is 0.0882. The number of benzene rings is 2. The van der Waals surface area contributed by atoms with Crippen molar-refractivity contribution in [2.75, 3.05) is 32.1 Å². The summed E-state index contributed by atoms with van der Waals surface area (Å²) < 4.78 is 6.00. The SMILES string of the molecule is CC(=O)N(CCC(c1ccc(N(C)C)cc1)C1CCOC(C)(C)C1)Cc1ccccc1. The monoisotopic (exact) mass is 422 g/mol. The van der Waals surface area contributed by atoms with Crippen LogP contribution in [0.15, 0.2) is 54.6 Å². The van der Waals surface area contributed by atoms with E-state index in [2.05, 4.69) is 69.2 Å². The first-order chi connectivity index (χ1) is 14.7. The Kier molecular flexibility index (Phi) is 7.77. The maximum absolute atomic E-state index is 12.4. The number of hydrogen-bond acceptors (Lipinski definition) is 3. The van der Waals surface area contributed by atoms with Crippen LogP contribution in [0.4, 0.5) is 5.69 Å². The molecule has 1 amide bonds. The van der Waals surface area contributed by atoms with Crippen LogP contribution in [0.5, 0.6) is 0 Å². The van der Waals surface area contributed by atoms with Crippen molar-refractivity contribution in [1.82, 2.24) is 4.90 Å². The Balaban J connectivity index is 1.78. The Hall–Kier alpha value is -2.33. The van der Waals surface area contributed by atoms with Gasteiger partial charge in [-0.3, -0.25) is 4.79 Å². The van der Waals surface area contributed by atoms with E-state index in [4.69, 9.17) is 4.74 Å². The molecule has 2 unspecified atom stereocenters. The molecule has 3 rings (SSSR count). The van der Waals surface area contributed by atoms with Gasteiger partial charge < -0.3 is 14.5 Å². The highest BCUT2D eigenvalue weighted by atomic mass is 16.5. The Labute approximate surface area is 188 Å². The third-order valence-corrected chi connectivity index (χ3v) is 6.51. The molecule has 1 saturated heterocycles. The number of hydrogen-bond donors (Lipinski definition) is 0. The summed E-state index contributed by atoms with van der Waals surface area (Å²) in [5.74, 6) is 1.11. The molecule has 0 saturated carbocycles. The quantitative estimate of drug-likeness (QED) is 0.565. The van der Waals surface area contributed by atoms with Gasteiger partial charge in [-0.15, -0.1) is 0 Å². The van der Waals surface area contributed by atoms with E-state index in [9.17, 15) is 4.79 Å². The van der Waals surface area contributed by atoms with Crippen LogP contribution < -0.4 is 4.90 Å². The van der Waals surface area contributed by atoms with Crippen molar-refractivity contribution < 1.29 is 9.53 Å². The van der Waals surface area contributed by atoms with Gasteiger partial charge >= 0.3 is 0 Å². The van der Waals surface area contributed by atoms with Crippen LogP contribution in [-0.4, -0.2) is 43.7 Å². The van der Waals surface area contributed by atoms with Gasteiger partial charge in [-0.1, -0.05) is 42.5 Å². The summed E-state index contributed by atoms with van der Waals surface area (Å²) >= 11 is 0. The second-order valence-corrected chi connectivity index (χ2v) is 9.67. The smallest absolute Gasteiger partial charge is 0.219 e. The fourth-order valence-corrected chi connectivity index (χ4v) is 4.76. The number of anilines is 1. The highest BCUT2D eigenvalue weighted by Crippen LogP contribution is 2.40. The van der Waals surface area contributed by atoms with Crippen LogP contribution in [-0.2, 0) is 16.1 Å². The van der Waals surface area contributed by atoms with Gasteiger partial charge in [-0.05, 0) is 68.2 Å². The molecule has 4 nitrogen and oxygen atoms in total. The predicted molar refractivity (Wildman–Crippen MR) is 128 cm³/mol. The van der Waals surface area contributed by atoms with Crippen LogP contribution in [0.25, 0.3) is 0 Å². The number of ether oxygens (including phenoxy) is 1. The highest BCUT2D eigenvalue weighted by molar-refractivity contribution is 5.73. The number of amides is 1. The molecule has 1 aliphatic rings. The third kappa shape index (κ3) is 6.57. The van der Waals surface area contributed by atoms with E-state index in [0.717, 1.165) is 32.4 Å². The number of carbonyl (C=O) groups excluding carboxylic acids is 1. The van der Waals surface area contributed by atoms with Gasteiger partial charge in [-0.25, -0.2) is 0 Å². The maximum Gasteiger partial charge on any atom is 0.219 e. The Morgan fingerprint density at radius 2 is 1.77 bits per heavy atom. The lowest BCUT2D eigenvalue weighted by Crippen LogP contribution is -2.37. The fourth-order valence-electron chi connectivity index (χ4n) is 4.76. The molecule has 168 valence electrons. The van der Waals surface area contributed by atoms with E-state index < -0.39 is 0 Å². The number of nitrogens with zero attached hydrogens (tertiary/aromatic N) is 2. The molecular weight excluding hydrogens is 384 g/mol. The molecule has 0 aromatic heterocycles. The molecule has 2 atom stereocenters. The normalized spacial score (nSPS) is 18.9. The molecular formula is C27H38N2O2. The summed E-state index contributed by atoms with van der Waals surface area (Å²) in [4.78, 5) is 16.5. The lowest BCUT2D eigenvalue weighted by atomic mass is 9.75. The second kappa shape index (κ2) is 10.3. The van der Waals surface area contributed by atoms with E-state index in [-0.39, 0.29) is 11.5 Å². The average Bonchev–Trinajstić information content (AvgIpc) is 2.73. The summed E-state index contributed by atoms with van der Waals surface area (Å²) in [5.41, 5.74) is 3.67. The van der Waals surface area contributed by atoms with Crippen LogP contribution in [0.3, 0.4) is 0 Å². The molecule has 1 aliphatic heterocycles. The molecule has 2 aromatic carbocycles. The summed E-state index contributed by atoms with van der Waals surface area (Å²) in [5, 5.41) is 0. The van der Waals surface area contributed by atoms with E-state index >= 15 is 0 Å². The molecule has 4 heteroatoms. The first-order valence-electron chi connectivity index (χ1n) is 11.5. The lowest BCUT2D eigenvalue weighted by Gasteiger charge is -2.40. The van der Waals surface area contributed by atoms with Crippen LogP contribution >= 0.6 is 0 Å². The van der Waals surface area contributed by atoms with Gasteiger partial charge in [0.1, 0.15) is 0 Å². The molecule has 0 N–H and O–H groups in total. The van der Waals surface area contributed by atoms with Gasteiger partial charge in [0.15, 0.2) is 0 Å². The van der Waals surface area contributed by atoms with E-state index in [1.807, 2.05) is 23.1 Å². The Bertz CT molecular complexity index is 830. The average molecular weight is 423 g/mol. The van der Waals surface area contributed by atoms with E-state index in [1.165, 1.54) is 16.8 Å². The van der Waals surface area contributed by atoms with Crippen molar-refractivity contribution in [3.63, 3.8) is 0 Å². The molecule has 0 radical (unpaired) electrons. The van der Waals surface area contributed by atoms with Crippen LogP contribution in [0.1, 0.15) is 57.1 Å². The summed E-state index contributed by atoms with van der Waals surface area (Å²) in [7, 11) is 4.14. The van der Waals surface area contributed by atoms with Crippen molar-refractivity contribution in [2.45, 2.75) is 58.1 Å². The highest BCUT2D eigenvalue weighted by Gasteiger charge is 2.34. The van der Waals surface area contributed by atoms with Crippen LogP contribution in [0.2, 0.25) is 0 Å². The minimum atomic E-state index is -0.0882. The van der Waals surface area contributed by atoms with Gasteiger partial charge in [0.05, 0.1) is 5.60 Å². The molecule has 0 aliphatic carbocycles. The van der Waals surface area contributed by atoms with E-state index in [1.54, 1.807) is 6.92 Å². The lowest BCUT2D eigenvalue weighted by molar-refractivity contribution is -0.129. The standard InChI is InChI=1S/C27H38N2O2/c1-21(30)29(20-22-9-7-6-8-10-22)17-15-26(24-16-18-31-27(2,3)19-24)23-11-13-25(14-12-23)28(4)5/h6-14,24,26H,15-20H2,1-5H3. The molecule has 1 heterocycles. The Morgan fingerprint density at radius 1 is 1.10 bits per heavy atom. The molecule has 2 aromatic rings. The number of carbonyl (C=O) groups is 1. The van der Waals surface area contributed by atoms with Crippen molar-refractivity contribution in [3.8, 4) is 0 Å². The molecule has 0 spiro atoms. The topological polar surface area (TPSA) is 32.8 Å². The summed E-state index contributed by atoms with van der Waals surface area (Å²) in [6.07, 6.45) is 3.09. The second-order valence-electron chi connectivity index (χ2n) is 9.67. The van der Waals surface area contributed by atoms with E-state index in [0.29, 0.717) is 18.4 Å². The minimum Gasteiger partial charge on any atom is -0.378 e. The summed E-state index contributed by atoms with van der Waals surface area (Å²) in [6.45, 7) is 8.32. The van der Waals surface area contributed by atoms with Gasteiger partial charge in [-0.2, -0.15) is 0 Å². The molecule has 0 bridgehead atoms. The van der Waals surface area contributed by atoms with Crippen LogP contribution in [0, 0.1) is 5.92 Å². The zero-order valence-electron chi connectivity index (χ0n) is 19.8. The molecule has 1 fully saturated rings.